The van der Waals surface area contributed by atoms with Crippen LogP contribution in [0.1, 0.15) is 6.92 Å². The van der Waals surface area contributed by atoms with Gasteiger partial charge in [-0.05, 0) is 0 Å². The molecule has 12 heavy (non-hydrogen) atoms. The summed E-state index contributed by atoms with van der Waals surface area (Å²) in [5.41, 5.74) is 2.14. The summed E-state index contributed by atoms with van der Waals surface area (Å²) in [6.07, 6.45) is 0. The minimum Gasteiger partial charge on any atom is -0.379 e. The van der Waals surface area contributed by atoms with Crippen LogP contribution in [0, 0.1) is 5.92 Å². The molecule has 0 aliphatic carbocycles. The van der Waals surface area contributed by atoms with Gasteiger partial charge in [0.05, 0.1) is 18.5 Å². The van der Waals surface area contributed by atoms with Crippen molar-refractivity contribution in [3.63, 3.8) is 0 Å². The van der Waals surface area contributed by atoms with Crippen LogP contribution in [0.4, 0.5) is 0 Å². The van der Waals surface area contributed by atoms with Gasteiger partial charge in [-0.25, -0.2) is 5.84 Å². The van der Waals surface area contributed by atoms with Crippen molar-refractivity contribution >= 4 is 17.7 Å². The number of thioether (sulfide) groups is 1. The van der Waals surface area contributed by atoms with Crippen LogP contribution in [0.15, 0.2) is 0 Å². The van der Waals surface area contributed by atoms with Crippen LogP contribution in [0.5, 0.6) is 0 Å². The molecular weight excluding hydrogens is 176 g/mol. The first-order valence-electron chi connectivity index (χ1n) is 3.94. The third-order valence-electron chi connectivity index (χ3n) is 1.78. The van der Waals surface area contributed by atoms with Gasteiger partial charge >= 0.3 is 0 Å². The maximum atomic E-state index is 10.9. The Bertz CT molecular complexity index is 161. The molecule has 0 spiro atoms. The number of nitrogens with two attached hydrogens (primary N) is 1. The summed E-state index contributed by atoms with van der Waals surface area (Å²) in [6, 6.07) is 0. The lowest BCUT2D eigenvalue weighted by Crippen LogP contribution is -2.37. The number of hydrazine groups is 1. The highest BCUT2D eigenvalue weighted by Gasteiger charge is 2.21. The lowest BCUT2D eigenvalue weighted by molar-refractivity contribution is -0.123. The molecular formula is C7H14N2O2S. The number of ether oxygens (including phenoxy) is 1. The van der Waals surface area contributed by atoms with Crippen LogP contribution in [-0.2, 0) is 9.53 Å². The summed E-state index contributed by atoms with van der Waals surface area (Å²) in [7, 11) is 0. The third kappa shape index (κ3) is 2.66. The number of carbonyl (C=O) groups excluding carboxylic acids is 1. The minimum absolute atomic E-state index is 0.0133. The van der Waals surface area contributed by atoms with Crippen molar-refractivity contribution < 1.29 is 9.53 Å². The van der Waals surface area contributed by atoms with E-state index in [1.54, 1.807) is 11.8 Å². The highest BCUT2D eigenvalue weighted by atomic mass is 32.2. The molecule has 1 fully saturated rings. The third-order valence-corrected chi connectivity index (χ3v) is 3.22. The number of nitrogens with one attached hydrogen (secondary N) is 1. The first-order chi connectivity index (χ1) is 5.74. The van der Waals surface area contributed by atoms with Crippen molar-refractivity contribution in [2.45, 2.75) is 12.2 Å². The maximum Gasteiger partial charge on any atom is 0.237 e. The summed E-state index contributed by atoms with van der Waals surface area (Å²) in [4.78, 5) is 10.9. The van der Waals surface area contributed by atoms with Gasteiger partial charge in [0.2, 0.25) is 5.91 Å². The molecule has 0 radical (unpaired) electrons. The molecule has 0 aromatic carbocycles. The molecule has 1 atom stereocenters. The normalized spacial score (nSPS) is 19.8. The molecule has 1 amide bonds. The molecule has 1 aliphatic rings. The molecule has 0 saturated carbocycles. The van der Waals surface area contributed by atoms with E-state index in [1.807, 2.05) is 6.92 Å². The van der Waals surface area contributed by atoms with E-state index in [2.05, 4.69) is 5.43 Å². The Balaban J connectivity index is 2.08. The van der Waals surface area contributed by atoms with Gasteiger partial charge in [0.1, 0.15) is 0 Å². The van der Waals surface area contributed by atoms with Gasteiger partial charge in [-0.15, -0.1) is 0 Å². The summed E-state index contributed by atoms with van der Waals surface area (Å²) >= 11 is 1.77. The van der Waals surface area contributed by atoms with E-state index >= 15 is 0 Å². The van der Waals surface area contributed by atoms with Gasteiger partial charge in [-0.2, -0.15) is 11.8 Å². The zero-order valence-electron chi connectivity index (χ0n) is 7.08. The molecule has 1 aliphatic heterocycles. The molecule has 3 N–H and O–H groups in total. The van der Waals surface area contributed by atoms with Crippen LogP contribution in [-0.4, -0.2) is 30.1 Å². The van der Waals surface area contributed by atoms with Crippen molar-refractivity contribution in [2.75, 3.05) is 19.0 Å². The first kappa shape index (κ1) is 9.83. The smallest absolute Gasteiger partial charge is 0.237 e. The van der Waals surface area contributed by atoms with Gasteiger partial charge in [0.15, 0.2) is 0 Å². The van der Waals surface area contributed by atoms with Crippen molar-refractivity contribution in [2.24, 2.45) is 11.8 Å². The second kappa shape index (κ2) is 4.69. The van der Waals surface area contributed by atoms with Crippen molar-refractivity contribution in [3.8, 4) is 0 Å². The first-order valence-corrected chi connectivity index (χ1v) is 4.98. The largest absolute Gasteiger partial charge is 0.379 e. The fraction of sp³-hybridized carbons (Fsp3) is 0.857. The summed E-state index contributed by atoms with van der Waals surface area (Å²) in [5.74, 6) is 5.70. The Labute approximate surface area is 76.2 Å². The van der Waals surface area contributed by atoms with Crippen LogP contribution >= 0.6 is 11.8 Å². The second-order valence-electron chi connectivity index (χ2n) is 2.90. The summed E-state index contributed by atoms with van der Waals surface area (Å²) in [5, 5.41) is 0.582. The standard InChI is InChI=1S/C7H14N2O2S/c1-5(7(10)9-8)4-12-6-2-11-3-6/h5-6H,2-4,8H2,1H3,(H,9,10). The molecule has 1 heterocycles. The predicted molar refractivity (Wildman–Crippen MR) is 48.6 cm³/mol. The Morgan fingerprint density at radius 1 is 1.83 bits per heavy atom. The van der Waals surface area contributed by atoms with Crippen LogP contribution in [0.3, 0.4) is 0 Å². The van der Waals surface area contributed by atoms with E-state index < -0.39 is 0 Å². The average Bonchev–Trinajstić information content (AvgIpc) is 2.00. The van der Waals surface area contributed by atoms with E-state index in [0.29, 0.717) is 5.25 Å². The van der Waals surface area contributed by atoms with E-state index in [1.165, 1.54) is 0 Å². The molecule has 4 nitrogen and oxygen atoms in total. The molecule has 0 aromatic rings. The average molecular weight is 190 g/mol. The number of amides is 1. The molecule has 5 heteroatoms. The van der Waals surface area contributed by atoms with Crippen LogP contribution in [0.25, 0.3) is 0 Å². The Morgan fingerprint density at radius 2 is 2.50 bits per heavy atom. The number of carbonyl (C=O) groups is 1. The van der Waals surface area contributed by atoms with Crippen LogP contribution < -0.4 is 11.3 Å². The van der Waals surface area contributed by atoms with E-state index in [4.69, 9.17) is 10.6 Å². The van der Waals surface area contributed by atoms with Crippen molar-refractivity contribution in [1.29, 1.82) is 0 Å². The number of hydrogen-bond donors (Lipinski definition) is 2. The van der Waals surface area contributed by atoms with Gasteiger partial charge < -0.3 is 4.74 Å². The fourth-order valence-corrected chi connectivity index (χ4v) is 1.91. The van der Waals surface area contributed by atoms with Gasteiger partial charge in [0.25, 0.3) is 0 Å². The van der Waals surface area contributed by atoms with Gasteiger partial charge in [-0.1, -0.05) is 6.92 Å². The highest BCUT2D eigenvalue weighted by Crippen LogP contribution is 2.21. The SMILES string of the molecule is CC(CSC1COC1)C(=O)NN. The highest BCUT2D eigenvalue weighted by molar-refractivity contribution is 8.00. The lowest BCUT2D eigenvalue weighted by atomic mass is 10.2. The van der Waals surface area contributed by atoms with Crippen molar-refractivity contribution in [1.82, 2.24) is 5.43 Å². The Morgan fingerprint density at radius 3 is 2.92 bits per heavy atom. The van der Waals surface area contributed by atoms with Gasteiger partial charge in [-0.3, -0.25) is 10.2 Å². The molecule has 0 aromatic heterocycles. The number of rotatable bonds is 4. The van der Waals surface area contributed by atoms with Crippen LogP contribution in [0.2, 0.25) is 0 Å². The molecule has 70 valence electrons. The summed E-state index contributed by atoms with van der Waals surface area (Å²) in [6.45, 7) is 3.51. The minimum atomic E-state index is -0.0947. The predicted octanol–water partition coefficient (Wildman–Crippen LogP) is -0.256. The lowest BCUT2D eigenvalue weighted by Gasteiger charge is -2.26. The topological polar surface area (TPSA) is 64.3 Å². The van der Waals surface area contributed by atoms with Crippen molar-refractivity contribution in [3.05, 3.63) is 0 Å². The zero-order chi connectivity index (χ0) is 8.97. The summed E-state index contributed by atoms with van der Waals surface area (Å²) < 4.78 is 5.01. The Hall–Kier alpha value is -0.260. The van der Waals surface area contributed by atoms with E-state index in [9.17, 15) is 4.79 Å². The van der Waals surface area contributed by atoms with Gasteiger partial charge in [0, 0.05) is 11.7 Å². The quantitative estimate of drug-likeness (QED) is 0.364. The second-order valence-corrected chi connectivity index (χ2v) is 4.24. The molecule has 1 rings (SSSR count). The molecule has 1 unspecified atom stereocenters. The Kier molecular flexibility index (Phi) is 3.84. The van der Waals surface area contributed by atoms with E-state index in [-0.39, 0.29) is 11.8 Å². The maximum absolute atomic E-state index is 10.9. The number of hydrogen-bond acceptors (Lipinski definition) is 4. The monoisotopic (exact) mass is 190 g/mol. The van der Waals surface area contributed by atoms with E-state index in [0.717, 1.165) is 19.0 Å². The molecule has 1 saturated heterocycles. The molecule has 0 bridgehead atoms. The zero-order valence-corrected chi connectivity index (χ0v) is 7.89. The fourth-order valence-electron chi connectivity index (χ4n) is 0.809.